The minimum Gasteiger partial charge on any atom is -0.493 e. The number of ether oxygens (including phenoxy) is 3. The number of aliphatic hydroxyl groups is 2. The molecule has 284 valence electrons. The van der Waals surface area contributed by atoms with Gasteiger partial charge in [0, 0.05) is 25.3 Å². The lowest BCUT2D eigenvalue weighted by Crippen LogP contribution is -2.40. The number of carbonyl (C=O) groups is 4. The van der Waals surface area contributed by atoms with Crippen LogP contribution in [0, 0.1) is 22.0 Å². The first-order valence-corrected chi connectivity index (χ1v) is 17.8. The van der Waals surface area contributed by atoms with E-state index in [2.05, 4.69) is 17.1 Å². The van der Waals surface area contributed by atoms with Crippen LogP contribution in [-0.2, 0) is 28.8 Å². The molecule has 0 aliphatic heterocycles. The molecule has 1 aliphatic carbocycles. The third kappa shape index (κ3) is 17.0. The topological polar surface area (TPSA) is 201 Å². The van der Waals surface area contributed by atoms with Crippen molar-refractivity contribution in [3.8, 4) is 11.5 Å². The number of benzene rings is 1. The van der Waals surface area contributed by atoms with Crippen molar-refractivity contribution in [1.29, 1.82) is 0 Å². The predicted octanol–water partition coefficient (Wildman–Crippen LogP) is 5.05. The number of nitrogens with one attached hydrogen (secondary N) is 1. The third-order valence-corrected chi connectivity index (χ3v) is 8.75. The van der Waals surface area contributed by atoms with Crippen molar-refractivity contribution in [3.63, 3.8) is 0 Å². The van der Waals surface area contributed by atoms with Gasteiger partial charge in [-0.3, -0.25) is 9.59 Å². The number of allylic oxidation sites excluding steroid dienone is 2. The second kappa shape index (κ2) is 24.0. The molecule has 1 aromatic rings. The van der Waals surface area contributed by atoms with Crippen molar-refractivity contribution in [2.45, 2.75) is 116 Å². The molecule has 1 amide bonds. The molecule has 2 rings (SSSR count). The number of nitrogens with zero attached hydrogens (tertiary/aromatic N) is 1. The molecule has 14 nitrogen and oxygen atoms in total. The van der Waals surface area contributed by atoms with Crippen molar-refractivity contribution >= 4 is 29.7 Å². The van der Waals surface area contributed by atoms with Gasteiger partial charge < -0.3 is 34.6 Å². The summed E-state index contributed by atoms with van der Waals surface area (Å²) in [5, 5.41) is 32.8. The Morgan fingerprint density at radius 3 is 2.45 bits per heavy atom. The Morgan fingerprint density at radius 1 is 0.980 bits per heavy atom. The molecule has 0 spiro atoms. The van der Waals surface area contributed by atoms with Crippen LogP contribution in [-0.4, -0.2) is 77.5 Å². The highest BCUT2D eigenvalue weighted by Gasteiger charge is 2.40. The van der Waals surface area contributed by atoms with Gasteiger partial charge in [0.2, 0.25) is 5.91 Å². The van der Waals surface area contributed by atoms with E-state index in [1.807, 2.05) is 12.2 Å². The van der Waals surface area contributed by atoms with Crippen LogP contribution < -0.4 is 14.8 Å². The summed E-state index contributed by atoms with van der Waals surface area (Å²) in [6.07, 6.45) is 14.5. The number of hydrogen-bond acceptors (Lipinski definition) is 12. The Balaban J connectivity index is 1.72. The van der Waals surface area contributed by atoms with Crippen molar-refractivity contribution < 1.29 is 53.5 Å². The van der Waals surface area contributed by atoms with Crippen molar-refractivity contribution in [2.24, 2.45) is 11.8 Å². The van der Waals surface area contributed by atoms with Gasteiger partial charge in [-0.25, -0.2) is 9.59 Å². The van der Waals surface area contributed by atoms with Crippen LogP contribution in [0.25, 0.3) is 6.08 Å². The third-order valence-electron chi connectivity index (χ3n) is 8.75. The Labute approximate surface area is 299 Å². The molecule has 0 radical (unpaired) electrons. The molecular weight excluding hydrogens is 664 g/mol. The number of unbranched alkanes of at least 4 members (excludes halogenated alkanes) is 5. The Hall–Kier alpha value is -4.30. The Bertz CT molecular complexity index is 1330. The van der Waals surface area contributed by atoms with E-state index in [9.17, 15) is 39.5 Å². The molecule has 1 saturated carbocycles. The molecule has 1 aliphatic rings. The van der Waals surface area contributed by atoms with Crippen LogP contribution in [0.3, 0.4) is 0 Å². The summed E-state index contributed by atoms with van der Waals surface area (Å²) in [5.74, 6) is -1.46. The molecule has 51 heavy (non-hydrogen) atoms. The molecule has 1 fully saturated rings. The fourth-order valence-electron chi connectivity index (χ4n) is 5.94. The lowest BCUT2D eigenvalue weighted by molar-refractivity contribution is -0.757. The zero-order valence-electron chi connectivity index (χ0n) is 30.0. The average molecular weight is 719 g/mol. The van der Waals surface area contributed by atoms with E-state index in [1.165, 1.54) is 38.7 Å². The average Bonchev–Trinajstić information content (AvgIpc) is 3.37. The van der Waals surface area contributed by atoms with Gasteiger partial charge in [0.15, 0.2) is 11.5 Å². The number of amides is 1. The van der Waals surface area contributed by atoms with Gasteiger partial charge >= 0.3 is 11.9 Å². The molecule has 0 saturated heterocycles. The molecular formula is C37H54N2O12. The molecule has 1 unspecified atom stereocenters. The number of carbonyl (C=O) groups excluding carboxylic acids is 4. The Kier molecular flexibility index (Phi) is 20.2. The van der Waals surface area contributed by atoms with E-state index in [0.29, 0.717) is 50.5 Å². The SMILES string of the molecule is CCCCCCCC(=O)CC[C@@H]1[C@@H](CC=CCCCC(=O)NC(C)C(=O)Oc2ccc(C=CC(=O)OCCO[N+](=O)[O-])cc2OC)[C@@H](O)C[C@H]1O. The minimum atomic E-state index is -0.987. The van der Waals surface area contributed by atoms with Crippen LogP contribution in [0.5, 0.6) is 11.5 Å². The van der Waals surface area contributed by atoms with E-state index >= 15 is 0 Å². The molecule has 0 aromatic heterocycles. The maximum atomic E-state index is 12.7. The maximum absolute atomic E-state index is 12.7. The first-order valence-electron chi connectivity index (χ1n) is 17.8. The second-order valence-electron chi connectivity index (χ2n) is 12.7. The number of ketones is 1. The highest BCUT2D eigenvalue weighted by molar-refractivity contribution is 5.87. The van der Waals surface area contributed by atoms with Crippen molar-refractivity contribution in [1.82, 2.24) is 5.32 Å². The number of Topliss-reactive ketones (excluding diaryl/α,β-unsaturated/α-hetero) is 1. The highest BCUT2D eigenvalue weighted by Crippen LogP contribution is 2.38. The van der Waals surface area contributed by atoms with Crippen LogP contribution in [0.1, 0.15) is 103 Å². The zero-order valence-corrected chi connectivity index (χ0v) is 30.0. The normalized spacial score (nSPS) is 19.2. The summed E-state index contributed by atoms with van der Waals surface area (Å²) >= 11 is 0. The molecule has 14 heteroatoms. The lowest BCUT2D eigenvalue weighted by atomic mass is 9.86. The first-order chi connectivity index (χ1) is 24.4. The number of esters is 2. The van der Waals surface area contributed by atoms with Gasteiger partial charge in [-0.15, -0.1) is 10.1 Å². The van der Waals surface area contributed by atoms with E-state index in [1.54, 1.807) is 6.07 Å². The molecule has 5 atom stereocenters. The fourth-order valence-corrected chi connectivity index (χ4v) is 5.94. The second-order valence-corrected chi connectivity index (χ2v) is 12.7. The summed E-state index contributed by atoms with van der Waals surface area (Å²) in [7, 11) is 1.38. The van der Waals surface area contributed by atoms with E-state index in [-0.39, 0.29) is 54.7 Å². The van der Waals surface area contributed by atoms with Crippen LogP contribution in [0.15, 0.2) is 36.4 Å². The number of hydrogen-bond donors (Lipinski definition) is 3. The molecule has 0 heterocycles. The van der Waals surface area contributed by atoms with Crippen LogP contribution in [0.2, 0.25) is 0 Å². The summed E-state index contributed by atoms with van der Waals surface area (Å²) in [5.41, 5.74) is 0.521. The van der Waals surface area contributed by atoms with Gasteiger partial charge in [-0.05, 0) is 81.1 Å². The van der Waals surface area contributed by atoms with Gasteiger partial charge in [-0.2, -0.15) is 0 Å². The van der Waals surface area contributed by atoms with Crippen LogP contribution in [0.4, 0.5) is 0 Å². The maximum Gasteiger partial charge on any atom is 0.333 e. The fraction of sp³-hybridized carbons (Fsp3) is 0.622. The highest BCUT2D eigenvalue weighted by atomic mass is 17.0. The number of rotatable bonds is 25. The standard InChI is InChI=1S/C37H54N2O12/c1-4-5-6-7-10-13-28(40)18-19-30-29(31(41)25-32(30)42)14-11-8-9-12-15-35(43)38-26(2)37(45)51-33-20-16-27(24-34(33)48-3)17-21-36(44)49-22-23-50-39(46)47/h8,11,16-17,20-21,24,26,29-32,41-42H,4-7,9-10,12-15,18-19,22-23,25H2,1-3H3,(H,38,43)/t26?,29-,30-,31+,32-/m1/s1. The van der Waals surface area contributed by atoms with Crippen molar-refractivity contribution in [3.05, 3.63) is 52.1 Å². The quantitative estimate of drug-likeness (QED) is 0.0231. The molecule has 1 aromatic carbocycles. The van der Waals surface area contributed by atoms with Crippen molar-refractivity contribution in [2.75, 3.05) is 20.3 Å². The minimum absolute atomic E-state index is 0.108. The van der Waals surface area contributed by atoms with Gasteiger partial charge in [-0.1, -0.05) is 50.8 Å². The van der Waals surface area contributed by atoms with Crippen LogP contribution >= 0.6 is 0 Å². The summed E-state index contributed by atoms with van der Waals surface area (Å²) in [4.78, 5) is 63.5. The lowest BCUT2D eigenvalue weighted by Gasteiger charge is -2.22. The van der Waals surface area contributed by atoms with Gasteiger partial charge in [0.25, 0.3) is 5.09 Å². The summed E-state index contributed by atoms with van der Waals surface area (Å²) in [6, 6.07) is 3.62. The summed E-state index contributed by atoms with van der Waals surface area (Å²) < 4.78 is 15.5. The largest absolute Gasteiger partial charge is 0.493 e. The molecule has 0 bridgehead atoms. The van der Waals surface area contributed by atoms with Gasteiger partial charge in [0.1, 0.15) is 25.0 Å². The number of aliphatic hydroxyl groups excluding tert-OH is 2. The monoisotopic (exact) mass is 718 g/mol. The summed E-state index contributed by atoms with van der Waals surface area (Å²) in [6.45, 7) is 2.98. The smallest absolute Gasteiger partial charge is 0.333 e. The molecule has 3 N–H and O–H groups in total. The van der Waals surface area contributed by atoms with E-state index in [4.69, 9.17) is 14.2 Å². The Morgan fingerprint density at radius 2 is 1.73 bits per heavy atom. The zero-order chi connectivity index (χ0) is 37.6. The van der Waals surface area contributed by atoms with E-state index < -0.39 is 35.3 Å². The van der Waals surface area contributed by atoms with E-state index in [0.717, 1.165) is 31.8 Å². The predicted molar refractivity (Wildman–Crippen MR) is 188 cm³/mol. The number of methoxy groups -OCH3 is 1. The first kappa shape index (κ1) is 42.9. The van der Waals surface area contributed by atoms with Gasteiger partial charge in [0.05, 0.1) is 19.3 Å².